The van der Waals surface area contributed by atoms with E-state index in [9.17, 15) is 5.11 Å². The summed E-state index contributed by atoms with van der Waals surface area (Å²) in [6, 6.07) is 4.10. The maximum absolute atomic E-state index is 10.6. The lowest BCUT2D eigenvalue weighted by Crippen LogP contribution is -2.09. The average molecular weight is 258 g/mol. The third-order valence-electron chi connectivity index (χ3n) is 3.16. The number of aromatic nitrogens is 2. The fourth-order valence-corrected chi connectivity index (χ4v) is 2.44. The molecular weight excluding hydrogens is 240 g/mol. The fourth-order valence-electron chi connectivity index (χ4n) is 2.44. The molecule has 1 heterocycles. The molecule has 0 radical (unpaired) electrons. The minimum atomic E-state index is -0.829. The van der Waals surface area contributed by atoms with Crippen LogP contribution in [0.25, 0.3) is 0 Å². The molecule has 100 valence electrons. The van der Waals surface area contributed by atoms with E-state index in [2.05, 4.69) is 9.97 Å². The summed E-state index contributed by atoms with van der Waals surface area (Å²) >= 11 is 0. The van der Waals surface area contributed by atoms with E-state index >= 15 is 0 Å². The summed E-state index contributed by atoms with van der Waals surface area (Å²) in [6.07, 6.45) is 2.27. The number of hydrogen-bond acceptors (Lipinski definition) is 4. The first kappa shape index (κ1) is 13.5. The molecule has 2 aromatic rings. The molecule has 1 aromatic carbocycles. The number of aryl methyl sites for hydroxylation is 3. The van der Waals surface area contributed by atoms with Gasteiger partial charge in [0.25, 0.3) is 0 Å². The zero-order valence-corrected chi connectivity index (χ0v) is 11.6. The van der Waals surface area contributed by atoms with E-state index in [-0.39, 0.29) is 0 Å². The van der Waals surface area contributed by atoms with Crippen LogP contribution < -0.4 is 4.74 Å². The Morgan fingerprint density at radius 2 is 1.63 bits per heavy atom. The van der Waals surface area contributed by atoms with Gasteiger partial charge >= 0.3 is 0 Å². The van der Waals surface area contributed by atoms with Gasteiger partial charge in [-0.15, -0.1) is 0 Å². The molecule has 0 aliphatic rings. The summed E-state index contributed by atoms with van der Waals surface area (Å²) in [6.45, 7) is 6.02. The van der Waals surface area contributed by atoms with Gasteiger partial charge in [0, 0.05) is 12.4 Å². The maximum Gasteiger partial charge on any atom is 0.238 e. The first-order valence-corrected chi connectivity index (χ1v) is 6.15. The minimum absolute atomic E-state index is 0.356. The molecule has 0 aliphatic heterocycles. The zero-order chi connectivity index (χ0) is 14.0. The predicted molar refractivity (Wildman–Crippen MR) is 73.3 cm³/mol. The van der Waals surface area contributed by atoms with E-state index < -0.39 is 6.10 Å². The molecular formula is C15H18N2O2. The van der Waals surface area contributed by atoms with E-state index in [1.54, 1.807) is 12.4 Å². The highest BCUT2D eigenvalue weighted by atomic mass is 16.5. The lowest BCUT2D eigenvalue weighted by atomic mass is 9.94. The number of methoxy groups -OCH3 is 1. The van der Waals surface area contributed by atoms with E-state index in [0.29, 0.717) is 11.6 Å². The van der Waals surface area contributed by atoms with Crippen molar-refractivity contribution in [3.05, 3.63) is 52.5 Å². The first-order chi connectivity index (χ1) is 9.04. The number of nitrogens with zero attached hydrogens (tertiary/aromatic N) is 2. The largest absolute Gasteiger partial charge is 0.480 e. The molecule has 1 atom stereocenters. The van der Waals surface area contributed by atoms with Gasteiger partial charge in [0.05, 0.1) is 7.11 Å². The van der Waals surface area contributed by atoms with E-state index in [0.717, 1.165) is 16.7 Å². The summed E-state index contributed by atoms with van der Waals surface area (Å²) in [5, 5.41) is 10.6. The second-order valence-corrected chi connectivity index (χ2v) is 4.67. The minimum Gasteiger partial charge on any atom is -0.480 e. The van der Waals surface area contributed by atoms with Crippen LogP contribution in [0.15, 0.2) is 24.5 Å². The lowest BCUT2D eigenvalue weighted by molar-refractivity contribution is 0.206. The molecule has 1 unspecified atom stereocenters. The highest BCUT2D eigenvalue weighted by molar-refractivity contribution is 5.43. The van der Waals surface area contributed by atoms with Crippen LogP contribution in [-0.4, -0.2) is 22.2 Å². The van der Waals surface area contributed by atoms with Gasteiger partial charge in [-0.1, -0.05) is 17.7 Å². The Morgan fingerprint density at radius 1 is 1.05 bits per heavy atom. The van der Waals surface area contributed by atoms with Gasteiger partial charge in [-0.25, -0.2) is 4.98 Å². The summed E-state index contributed by atoms with van der Waals surface area (Å²) in [5.74, 6) is 0.356. The van der Waals surface area contributed by atoms with Gasteiger partial charge in [-0.3, -0.25) is 4.98 Å². The van der Waals surface area contributed by atoms with Gasteiger partial charge in [0.2, 0.25) is 5.88 Å². The van der Waals surface area contributed by atoms with Crippen molar-refractivity contribution in [1.29, 1.82) is 0 Å². The molecule has 1 N–H and O–H groups in total. The molecule has 0 bridgehead atoms. The van der Waals surface area contributed by atoms with Crippen LogP contribution in [0.3, 0.4) is 0 Å². The van der Waals surface area contributed by atoms with Crippen LogP contribution in [0.2, 0.25) is 0 Å². The van der Waals surface area contributed by atoms with Gasteiger partial charge in [0.15, 0.2) is 0 Å². The first-order valence-electron chi connectivity index (χ1n) is 6.15. The number of aliphatic hydroxyl groups excluding tert-OH is 1. The third kappa shape index (κ3) is 2.58. The summed E-state index contributed by atoms with van der Waals surface area (Å²) < 4.78 is 5.16. The van der Waals surface area contributed by atoms with Crippen molar-refractivity contribution in [2.24, 2.45) is 0 Å². The number of benzene rings is 1. The molecule has 0 saturated carbocycles. The second-order valence-electron chi connectivity index (χ2n) is 4.67. The Morgan fingerprint density at radius 3 is 2.21 bits per heavy atom. The Hall–Kier alpha value is -1.94. The third-order valence-corrected chi connectivity index (χ3v) is 3.16. The van der Waals surface area contributed by atoms with Crippen LogP contribution in [-0.2, 0) is 0 Å². The molecule has 4 nitrogen and oxygen atoms in total. The Kier molecular flexibility index (Phi) is 3.81. The SMILES string of the molecule is COc1nccnc1C(O)c1c(C)cc(C)cc1C. The normalized spacial score (nSPS) is 12.3. The molecule has 19 heavy (non-hydrogen) atoms. The molecule has 1 aromatic heterocycles. The molecule has 0 spiro atoms. The van der Waals surface area contributed by atoms with Crippen molar-refractivity contribution in [2.75, 3.05) is 7.11 Å². The van der Waals surface area contributed by atoms with Gasteiger partial charge in [0.1, 0.15) is 11.8 Å². The Labute approximate surface area is 113 Å². The lowest BCUT2D eigenvalue weighted by Gasteiger charge is -2.18. The van der Waals surface area contributed by atoms with E-state index in [1.165, 1.54) is 12.7 Å². The Balaban J connectivity index is 2.53. The fraction of sp³-hybridized carbons (Fsp3) is 0.333. The van der Waals surface area contributed by atoms with Crippen LogP contribution in [0, 0.1) is 20.8 Å². The predicted octanol–water partition coefficient (Wildman–Crippen LogP) is 2.49. The van der Waals surface area contributed by atoms with E-state index in [1.807, 2.05) is 32.9 Å². The maximum atomic E-state index is 10.6. The molecule has 4 heteroatoms. The van der Waals surface area contributed by atoms with Crippen LogP contribution in [0.4, 0.5) is 0 Å². The van der Waals surface area contributed by atoms with Gasteiger partial charge in [-0.2, -0.15) is 0 Å². The highest BCUT2D eigenvalue weighted by Gasteiger charge is 2.21. The molecule has 0 aliphatic carbocycles. The van der Waals surface area contributed by atoms with Crippen molar-refractivity contribution in [3.8, 4) is 5.88 Å². The zero-order valence-electron chi connectivity index (χ0n) is 11.6. The van der Waals surface area contributed by atoms with Crippen molar-refractivity contribution in [1.82, 2.24) is 9.97 Å². The second kappa shape index (κ2) is 5.36. The number of hydrogen-bond donors (Lipinski definition) is 1. The molecule has 0 fully saturated rings. The molecule has 2 rings (SSSR count). The Bertz CT molecular complexity index is 573. The van der Waals surface area contributed by atoms with Gasteiger partial charge in [-0.05, 0) is 37.5 Å². The van der Waals surface area contributed by atoms with Crippen molar-refractivity contribution < 1.29 is 9.84 Å². The summed E-state index contributed by atoms with van der Waals surface area (Å²) in [5.41, 5.74) is 4.57. The van der Waals surface area contributed by atoms with E-state index in [4.69, 9.17) is 4.74 Å². The number of aliphatic hydroxyl groups is 1. The topological polar surface area (TPSA) is 55.2 Å². The van der Waals surface area contributed by atoms with Crippen LogP contribution in [0.1, 0.15) is 34.1 Å². The monoisotopic (exact) mass is 258 g/mol. The summed E-state index contributed by atoms with van der Waals surface area (Å²) in [7, 11) is 1.52. The smallest absolute Gasteiger partial charge is 0.238 e. The van der Waals surface area contributed by atoms with Crippen molar-refractivity contribution in [3.63, 3.8) is 0 Å². The molecule has 0 amide bonds. The van der Waals surface area contributed by atoms with Gasteiger partial charge < -0.3 is 9.84 Å². The summed E-state index contributed by atoms with van der Waals surface area (Å²) in [4.78, 5) is 8.27. The average Bonchev–Trinajstić information content (AvgIpc) is 2.37. The van der Waals surface area contributed by atoms with Crippen molar-refractivity contribution >= 4 is 0 Å². The standard InChI is InChI=1S/C15H18N2O2/c1-9-7-10(2)12(11(3)8-9)14(18)13-15(19-4)17-6-5-16-13/h5-8,14,18H,1-4H3. The molecule has 0 saturated heterocycles. The van der Waals surface area contributed by atoms with Crippen LogP contribution >= 0.6 is 0 Å². The van der Waals surface area contributed by atoms with Crippen LogP contribution in [0.5, 0.6) is 5.88 Å². The van der Waals surface area contributed by atoms with Crippen molar-refractivity contribution in [2.45, 2.75) is 26.9 Å². The quantitative estimate of drug-likeness (QED) is 0.919. The number of rotatable bonds is 3. The highest BCUT2D eigenvalue weighted by Crippen LogP contribution is 2.31. The number of ether oxygens (including phenoxy) is 1.